The second-order valence-corrected chi connectivity index (χ2v) is 6.26. The number of aromatic nitrogens is 1. The molecule has 2 rings (SSSR count). The van der Waals surface area contributed by atoms with Gasteiger partial charge in [0, 0.05) is 28.6 Å². The molecule has 15 heteroatoms. The highest BCUT2D eigenvalue weighted by atomic mass is 19.4. The average Bonchev–Trinajstić information content (AvgIpc) is 2.87. The van der Waals surface area contributed by atoms with Gasteiger partial charge >= 0.3 is 24.7 Å². The van der Waals surface area contributed by atoms with Gasteiger partial charge in [0.15, 0.2) is 0 Å². The molecule has 0 amide bonds. The minimum Gasteiger partial charge on any atom is -0.373 e. The van der Waals surface area contributed by atoms with E-state index in [1.807, 2.05) is 0 Å². The highest BCUT2D eigenvalue weighted by Gasteiger charge is 2.74. The molecule has 0 unspecified atom stereocenters. The van der Waals surface area contributed by atoms with Gasteiger partial charge in [0.25, 0.3) is 11.2 Å². The predicted octanol–water partition coefficient (Wildman–Crippen LogP) is 4.88. The van der Waals surface area contributed by atoms with Crippen LogP contribution in [0.3, 0.4) is 0 Å². The van der Waals surface area contributed by atoms with Crippen LogP contribution in [-0.4, -0.2) is 45.5 Å². The molecule has 0 aliphatic heterocycles. The minimum atomic E-state index is -6.60. The number of para-hydroxylation sites is 1. The smallest absolute Gasteiger partial charge is 0.373 e. The maximum absolute atomic E-state index is 13.3. The summed E-state index contributed by atoms with van der Waals surface area (Å²) in [5, 5.41) is 17.7. The topological polar surface area (TPSA) is 56.2 Å². The fourth-order valence-electron chi connectivity index (χ4n) is 2.80. The van der Waals surface area contributed by atoms with Crippen molar-refractivity contribution in [2.75, 3.05) is 0 Å². The van der Waals surface area contributed by atoms with Gasteiger partial charge in [0.2, 0.25) is 0 Å². The van der Waals surface area contributed by atoms with Gasteiger partial charge in [0.05, 0.1) is 0 Å². The van der Waals surface area contributed by atoms with E-state index < -0.39 is 64.5 Å². The highest BCUT2D eigenvalue weighted by molar-refractivity contribution is 5.86. The van der Waals surface area contributed by atoms with Crippen LogP contribution in [0.1, 0.15) is 11.3 Å². The van der Waals surface area contributed by atoms with Gasteiger partial charge in [-0.2, -0.15) is 52.7 Å². The molecule has 170 valence electrons. The van der Waals surface area contributed by atoms with Crippen LogP contribution in [0.15, 0.2) is 24.3 Å². The molecule has 0 radical (unpaired) electrons. The van der Waals surface area contributed by atoms with Gasteiger partial charge in [0.1, 0.15) is 0 Å². The first-order valence-corrected chi connectivity index (χ1v) is 7.50. The SMILES string of the molecule is OC(Cc1[nH]c2ccccc2c1C(O)(C(F)(F)F)C(F)(F)F)(C(F)(F)F)C(F)(F)F. The number of nitrogens with one attached hydrogen (secondary N) is 1. The van der Waals surface area contributed by atoms with Crippen LogP contribution in [0.25, 0.3) is 10.9 Å². The van der Waals surface area contributed by atoms with E-state index in [1.165, 1.54) is 0 Å². The third kappa shape index (κ3) is 3.46. The number of fused-ring (bicyclic) bond motifs is 1. The highest BCUT2D eigenvalue weighted by Crippen LogP contribution is 2.54. The van der Waals surface area contributed by atoms with Crippen molar-refractivity contribution in [2.24, 2.45) is 0 Å². The van der Waals surface area contributed by atoms with Gasteiger partial charge in [-0.3, -0.25) is 0 Å². The van der Waals surface area contributed by atoms with Crippen molar-refractivity contribution in [1.82, 2.24) is 4.98 Å². The van der Waals surface area contributed by atoms with Gasteiger partial charge in [-0.25, -0.2) is 0 Å². The quantitative estimate of drug-likeness (QED) is 0.569. The summed E-state index contributed by atoms with van der Waals surface area (Å²) in [4.78, 5) is 1.59. The fraction of sp³-hybridized carbons (Fsp3) is 0.467. The number of hydrogen-bond donors (Lipinski definition) is 3. The molecule has 3 nitrogen and oxygen atoms in total. The van der Waals surface area contributed by atoms with E-state index in [9.17, 15) is 62.9 Å². The number of H-pyrrole nitrogens is 1. The summed E-state index contributed by atoms with van der Waals surface area (Å²) in [5.74, 6) is 0. The van der Waals surface area contributed by atoms with Crippen molar-refractivity contribution in [3.05, 3.63) is 35.5 Å². The van der Waals surface area contributed by atoms with E-state index in [4.69, 9.17) is 0 Å². The third-order valence-electron chi connectivity index (χ3n) is 4.34. The standard InChI is InChI=1S/C15H9F12NO2/c16-12(17,18)10(29,13(19,20)21)5-8-9(6-3-1-2-4-7(6)28-8)11(30,14(22,23)24)15(25,26)27/h1-4,28-30H,5H2. The average molecular weight is 463 g/mol. The molecule has 30 heavy (non-hydrogen) atoms. The Morgan fingerprint density at radius 3 is 1.50 bits per heavy atom. The van der Waals surface area contributed by atoms with Crippen LogP contribution in [-0.2, 0) is 12.0 Å². The second kappa shape index (κ2) is 6.67. The van der Waals surface area contributed by atoms with Gasteiger partial charge in [-0.05, 0) is 6.07 Å². The van der Waals surface area contributed by atoms with Crippen molar-refractivity contribution >= 4 is 10.9 Å². The molecule has 0 spiro atoms. The lowest BCUT2D eigenvalue weighted by atomic mass is 9.85. The van der Waals surface area contributed by atoms with E-state index in [2.05, 4.69) is 0 Å². The molecule has 3 N–H and O–H groups in total. The zero-order valence-corrected chi connectivity index (χ0v) is 13.9. The van der Waals surface area contributed by atoms with E-state index >= 15 is 0 Å². The summed E-state index contributed by atoms with van der Waals surface area (Å²) in [6.45, 7) is 0. The molecule has 1 heterocycles. The molecular formula is C15H9F12NO2. The first-order valence-electron chi connectivity index (χ1n) is 7.50. The zero-order chi connectivity index (χ0) is 23.6. The first-order chi connectivity index (χ1) is 13.2. The van der Waals surface area contributed by atoms with Crippen LogP contribution in [0.4, 0.5) is 52.7 Å². The van der Waals surface area contributed by atoms with E-state index in [0.29, 0.717) is 6.07 Å². The van der Waals surface area contributed by atoms with Crippen molar-refractivity contribution in [3.63, 3.8) is 0 Å². The Kier molecular flexibility index (Phi) is 5.36. The summed E-state index contributed by atoms with van der Waals surface area (Å²) in [7, 11) is 0. The minimum absolute atomic E-state index is 0.521. The number of aromatic amines is 1. The lowest BCUT2D eigenvalue weighted by Gasteiger charge is -2.35. The molecule has 0 aliphatic carbocycles. The van der Waals surface area contributed by atoms with E-state index in [0.717, 1.165) is 18.2 Å². The number of hydrogen-bond acceptors (Lipinski definition) is 2. The Balaban J connectivity index is 2.94. The molecule has 2 aromatic rings. The van der Waals surface area contributed by atoms with Crippen LogP contribution in [0.2, 0.25) is 0 Å². The van der Waals surface area contributed by atoms with Gasteiger partial charge < -0.3 is 15.2 Å². The van der Waals surface area contributed by atoms with Crippen molar-refractivity contribution in [2.45, 2.75) is 42.3 Å². The predicted molar refractivity (Wildman–Crippen MR) is 75.1 cm³/mol. The van der Waals surface area contributed by atoms with Gasteiger partial charge in [-0.15, -0.1) is 0 Å². The molecular weight excluding hydrogens is 454 g/mol. The van der Waals surface area contributed by atoms with Crippen LogP contribution < -0.4 is 0 Å². The zero-order valence-electron chi connectivity index (χ0n) is 13.9. The van der Waals surface area contributed by atoms with E-state index in [1.54, 1.807) is 4.98 Å². The lowest BCUT2D eigenvalue weighted by molar-refractivity contribution is -0.377. The number of alkyl halides is 12. The Bertz CT molecular complexity index is 891. The molecule has 0 saturated heterocycles. The summed E-state index contributed by atoms with van der Waals surface area (Å²) in [5.41, 5.74) is -16.6. The molecule has 1 aromatic carbocycles. The van der Waals surface area contributed by atoms with Crippen molar-refractivity contribution in [1.29, 1.82) is 0 Å². The van der Waals surface area contributed by atoms with Crippen LogP contribution in [0, 0.1) is 0 Å². The first kappa shape index (κ1) is 24.1. The Labute approximate surface area is 157 Å². The maximum Gasteiger partial charge on any atom is 0.430 e. The Morgan fingerprint density at radius 2 is 1.10 bits per heavy atom. The molecule has 0 saturated carbocycles. The second-order valence-electron chi connectivity index (χ2n) is 6.26. The Hall–Kier alpha value is -2.16. The summed E-state index contributed by atoms with van der Waals surface area (Å²) < 4.78 is 157. The van der Waals surface area contributed by atoms with Crippen molar-refractivity contribution in [3.8, 4) is 0 Å². The molecule has 0 bridgehead atoms. The molecule has 1 aromatic heterocycles. The normalized spacial score (nSPS) is 15.1. The summed E-state index contributed by atoms with van der Waals surface area (Å²) in [6.07, 6.45) is -29.1. The fourth-order valence-corrected chi connectivity index (χ4v) is 2.80. The van der Waals surface area contributed by atoms with Crippen LogP contribution >= 0.6 is 0 Å². The molecule has 0 aliphatic rings. The van der Waals surface area contributed by atoms with Crippen molar-refractivity contribution < 1.29 is 62.9 Å². The molecule has 0 fully saturated rings. The molecule has 0 atom stereocenters. The van der Waals surface area contributed by atoms with Crippen LogP contribution in [0.5, 0.6) is 0 Å². The monoisotopic (exact) mass is 463 g/mol. The summed E-state index contributed by atoms with van der Waals surface area (Å²) in [6, 6.07) is 3.13. The number of rotatable bonds is 3. The largest absolute Gasteiger partial charge is 0.430 e. The van der Waals surface area contributed by atoms with E-state index in [-0.39, 0.29) is 0 Å². The lowest BCUT2D eigenvalue weighted by Crippen LogP contribution is -2.59. The third-order valence-corrected chi connectivity index (χ3v) is 4.34. The number of halogens is 12. The number of aliphatic hydroxyl groups is 2. The van der Waals surface area contributed by atoms with Gasteiger partial charge in [-0.1, -0.05) is 18.2 Å². The summed E-state index contributed by atoms with van der Waals surface area (Å²) >= 11 is 0. The Morgan fingerprint density at radius 1 is 0.667 bits per heavy atom. The number of benzene rings is 1. The maximum atomic E-state index is 13.3.